The van der Waals surface area contributed by atoms with Gasteiger partial charge in [0.25, 0.3) is 0 Å². The van der Waals surface area contributed by atoms with E-state index in [1.165, 1.54) is 23.6 Å². The molecule has 1 unspecified atom stereocenters. The summed E-state index contributed by atoms with van der Waals surface area (Å²) in [5.74, 6) is 3.50. The summed E-state index contributed by atoms with van der Waals surface area (Å²) in [6.07, 6.45) is 6.53. The van der Waals surface area contributed by atoms with Crippen LogP contribution in [0.25, 0.3) is 0 Å². The summed E-state index contributed by atoms with van der Waals surface area (Å²) in [4.78, 5) is 0. The Morgan fingerprint density at radius 3 is 3.33 bits per heavy atom. The first kappa shape index (κ1) is 10.9. The van der Waals surface area contributed by atoms with E-state index < -0.39 is 0 Å². The molecule has 2 rings (SSSR count). The molecular formula is C11H19N3S. The summed E-state index contributed by atoms with van der Waals surface area (Å²) in [7, 11) is 0. The monoisotopic (exact) mass is 225 g/mol. The molecule has 1 atom stereocenters. The maximum absolute atomic E-state index is 4.30. The highest BCUT2D eigenvalue weighted by molar-refractivity contribution is 7.99. The number of hydrogen-bond acceptors (Lipinski definition) is 3. The highest BCUT2D eigenvalue weighted by atomic mass is 32.2. The van der Waals surface area contributed by atoms with Gasteiger partial charge in [0.1, 0.15) is 0 Å². The lowest BCUT2D eigenvalue weighted by atomic mass is 10.1. The maximum atomic E-state index is 4.30. The molecule has 0 bridgehead atoms. The Kier molecular flexibility index (Phi) is 3.94. The lowest BCUT2D eigenvalue weighted by Crippen LogP contribution is -2.12. The van der Waals surface area contributed by atoms with Crippen molar-refractivity contribution in [3.8, 4) is 0 Å². The topological polar surface area (TPSA) is 29.9 Å². The van der Waals surface area contributed by atoms with Gasteiger partial charge in [0.05, 0.1) is 11.9 Å². The Morgan fingerprint density at radius 2 is 2.60 bits per heavy atom. The first-order chi connectivity index (χ1) is 7.38. The van der Waals surface area contributed by atoms with E-state index in [4.69, 9.17) is 0 Å². The lowest BCUT2D eigenvalue weighted by molar-refractivity contribution is 0.602. The normalized spacial score (nSPS) is 20.7. The second kappa shape index (κ2) is 5.45. The van der Waals surface area contributed by atoms with Gasteiger partial charge in [-0.1, -0.05) is 6.92 Å². The van der Waals surface area contributed by atoms with Crippen LogP contribution in [0.5, 0.6) is 0 Å². The smallest absolute Gasteiger partial charge is 0.0726 e. The van der Waals surface area contributed by atoms with E-state index in [1.807, 2.05) is 10.9 Å². The lowest BCUT2D eigenvalue weighted by Gasteiger charge is -2.08. The summed E-state index contributed by atoms with van der Waals surface area (Å²) in [5, 5.41) is 7.77. The Bertz CT molecular complexity index is 292. The molecule has 15 heavy (non-hydrogen) atoms. The number of hydrogen-bond donors (Lipinski definition) is 1. The van der Waals surface area contributed by atoms with Gasteiger partial charge in [-0.15, -0.1) is 0 Å². The van der Waals surface area contributed by atoms with E-state index >= 15 is 0 Å². The van der Waals surface area contributed by atoms with Crippen LogP contribution in [-0.4, -0.2) is 27.8 Å². The average molecular weight is 225 g/mol. The molecule has 1 aromatic rings. The molecular weight excluding hydrogens is 206 g/mol. The van der Waals surface area contributed by atoms with Crippen LogP contribution in [0.15, 0.2) is 12.4 Å². The van der Waals surface area contributed by atoms with Gasteiger partial charge in [-0.2, -0.15) is 16.9 Å². The molecule has 84 valence electrons. The molecule has 0 aromatic carbocycles. The van der Waals surface area contributed by atoms with Crippen molar-refractivity contribution in [3.05, 3.63) is 12.4 Å². The van der Waals surface area contributed by atoms with E-state index in [0.29, 0.717) is 0 Å². The minimum atomic E-state index is 0.851. The van der Waals surface area contributed by atoms with Crippen molar-refractivity contribution in [1.82, 2.24) is 9.78 Å². The molecule has 1 aliphatic heterocycles. The van der Waals surface area contributed by atoms with Crippen LogP contribution in [0.2, 0.25) is 0 Å². The zero-order chi connectivity index (χ0) is 10.5. The summed E-state index contributed by atoms with van der Waals surface area (Å²) < 4.78 is 2.01. The molecule has 1 aliphatic rings. The predicted molar refractivity (Wildman–Crippen MR) is 66.4 cm³/mol. The summed E-state index contributed by atoms with van der Waals surface area (Å²) in [6, 6.07) is 0. The minimum absolute atomic E-state index is 0.851. The first-order valence-electron chi connectivity index (χ1n) is 5.72. The molecule has 3 nitrogen and oxygen atoms in total. The van der Waals surface area contributed by atoms with E-state index in [2.05, 4.69) is 35.3 Å². The van der Waals surface area contributed by atoms with Crippen LogP contribution in [0.4, 0.5) is 5.69 Å². The fraction of sp³-hybridized carbons (Fsp3) is 0.727. The standard InChI is InChI=1S/C11H19N3S/c1-2-4-14-8-11(7-13-14)12-6-10-3-5-15-9-10/h7-8,10,12H,2-6,9H2,1H3. The number of thioether (sulfide) groups is 1. The second-order valence-electron chi connectivity index (χ2n) is 4.10. The predicted octanol–water partition coefficient (Wildman–Crippen LogP) is 2.46. The molecule has 0 aliphatic carbocycles. The highest BCUT2D eigenvalue weighted by Crippen LogP contribution is 2.23. The molecule has 0 amide bonds. The van der Waals surface area contributed by atoms with Gasteiger partial charge in [-0.3, -0.25) is 4.68 Å². The number of nitrogens with zero attached hydrogens (tertiary/aromatic N) is 2. The quantitative estimate of drug-likeness (QED) is 0.835. The SMILES string of the molecule is CCCn1cc(NCC2CCSC2)cn1. The summed E-state index contributed by atoms with van der Waals surface area (Å²) in [5.41, 5.74) is 1.17. The summed E-state index contributed by atoms with van der Waals surface area (Å²) >= 11 is 2.07. The van der Waals surface area contributed by atoms with Crippen LogP contribution in [0, 0.1) is 5.92 Å². The van der Waals surface area contributed by atoms with Crippen molar-refractivity contribution in [2.24, 2.45) is 5.92 Å². The van der Waals surface area contributed by atoms with Crippen molar-refractivity contribution < 1.29 is 0 Å². The largest absolute Gasteiger partial charge is 0.382 e. The third-order valence-electron chi connectivity index (χ3n) is 2.70. The molecule has 1 fully saturated rings. The van der Waals surface area contributed by atoms with Crippen LogP contribution < -0.4 is 5.32 Å². The number of aromatic nitrogens is 2. The van der Waals surface area contributed by atoms with Gasteiger partial charge in [0, 0.05) is 19.3 Å². The molecule has 0 spiro atoms. The van der Waals surface area contributed by atoms with Crippen molar-refractivity contribution in [3.63, 3.8) is 0 Å². The van der Waals surface area contributed by atoms with Crippen molar-refractivity contribution in [2.75, 3.05) is 23.4 Å². The van der Waals surface area contributed by atoms with E-state index in [-0.39, 0.29) is 0 Å². The minimum Gasteiger partial charge on any atom is -0.382 e. The first-order valence-corrected chi connectivity index (χ1v) is 6.88. The molecule has 2 heterocycles. The van der Waals surface area contributed by atoms with Gasteiger partial charge in [-0.25, -0.2) is 0 Å². The fourth-order valence-electron chi connectivity index (χ4n) is 1.81. The van der Waals surface area contributed by atoms with Gasteiger partial charge < -0.3 is 5.32 Å². The third kappa shape index (κ3) is 3.16. The number of anilines is 1. The maximum Gasteiger partial charge on any atom is 0.0726 e. The molecule has 1 N–H and O–H groups in total. The van der Waals surface area contributed by atoms with Crippen molar-refractivity contribution in [2.45, 2.75) is 26.3 Å². The highest BCUT2D eigenvalue weighted by Gasteiger charge is 2.14. The van der Waals surface area contributed by atoms with E-state index in [9.17, 15) is 0 Å². The van der Waals surface area contributed by atoms with Gasteiger partial charge >= 0.3 is 0 Å². The van der Waals surface area contributed by atoms with Crippen molar-refractivity contribution >= 4 is 17.4 Å². The Morgan fingerprint density at radius 1 is 1.67 bits per heavy atom. The van der Waals surface area contributed by atoms with Gasteiger partial charge in [-0.05, 0) is 30.3 Å². The van der Waals surface area contributed by atoms with Crippen molar-refractivity contribution in [1.29, 1.82) is 0 Å². The Hall–Kier alpha value is -0.640. The average Bonchev–Trinajstić information content (AvgIpc) is 2.85. The number of nitrogens with one attached hydrogen (secondary N) is 1. The zero-order valence-electron chi connectivity index (χ0n) is 9.28. The zero-order valence-corrected chi connectivity index (χ0v) is 10.1. The van der Waals surface area contributed by atoms with Gasteiger partial charge in [0.15, 0.2) is 0 Å². The molecule has 0 radical (unpaired) electrons. The second-order valence-corrected chi connectivity index (χ2v) is 5.25. The number of rotatable bonds is 5. The van der Waals surface area contributed by atoms with Crippen LogP contribution in [-0.2, 0) is 6.54 Å². The van der Waals surface area contributed by atoms with E-state index in [1.54, 1.807) is 0 Å². The molecule has 4 heteroatoms. The fourth-order valence-corrected chi connectivity index (χ4v) is 3.10. The Balaban J connectivity index is 1.77. The van der Waals surface area contributed by atoms with Crippen LogP contribution in [0.1, 0.15) is 19.8 Å². The molecule has 1 aromatic heterocycles. The Labute approximate surface area is 95.6 Å². The van der Waals surface area contributed by atoms with Crippen LogP contribution >= 0.6 is 11.8 Å². The molecule has 0 saturated carbocycles. The van der Waals surface area contributed by atoms with Gasteiger partial charge in [0.2, 0.25) is 0 Å². The summed E-state index contributed by atoms with van der Waals surface area (Å²) in [6.45, 7) is 4.29. The number of aryl methyl sites for hydroxylation is 1. The molecule has 1 saturated heterocycles. The third-order valence-corrected chi connectivity index (χ3v) is 3.94. The van der Waals surface area contributed by atoms with Crippen LogP contribution in [0.3, 0.4) is 0 Å². The van der Waals surface area contributed by atoms with E-state index in [0.717, 1.165) is 25.4 Å².